The minimum absolute atomic E-state index is 0.100. The molecule has 0 bridgehead atoms. The van der Waals surface area contributed by atoms with Crippen molar-refractivity contribution in [2.24, 2.45) is 5.73 Å². The van der Waals surface area contributed by atoms with Gasteiger partial charge in [0.25, 0.3) is 0 Å². The van der Waals surface area contributed by atoms with Crippen LogP contribution >= 0.6 is 0 Å². The van der Waals surface area contributed by atoms with E-state index in [2.05, 4.69) is 5.32 Å². The number of nitrogens with two attached hydrogens (primary N) is 1. The molecular weight excluding hydrogens is 184 g/mol. The van der Waals surface area contributed by atoms with E-state index < -0.39 is 6.04 Å². The molecule has 5 nitrogen and oxygen atoms in total. The molecule has 1 saturated carbocycles. The largest absolute Gasteiger partial charge is 0.394 e. The van der Waals surface area contributed by atoms with Gasteiger partial charge in [-0.1, -0.05) is 0 Å². The van der Waals surface area contributed by atoms with Crippen molar-refractivity contribution in [2.75, 3.05) is 6.61 Å². The van der Waals surface area contributed by atoms with Crippen LogP contribution in [0.15, 0.2) is 0 Å². The van der Waals surface area contributed by atoms with E-state index in [0.717, 1.165) is 25.7 Å². The Morgan fingerprint density at radius 2 is 2.00 bits per heavy atom. The standard InChI is InChI=1S/C9H18N2O3/c10-8(5-12)9(14)11-6-1-3-7(13)4-2-6/h6-8,12-13H,1-5,10H2,(H,11,14)/t6?,7?,8-/m0/s1. The predicted molar refractivity (Wildman–Crippen MR) is 51.5 cm³/mol. The van der Waals surface area contributed by atoms with Gasteiger partial charge in [0.2, 0.25) is 5.91 Å². The summed E-state index contributed by atoms with van der Waals surface area (Å²) in [4.78, 5) is 11.3. The fourth-order valence-electron chi connectivity index (χ4n) is 1.61. The van der Waals surface area contributed by atoms with E-state index in [1.807, 2.05) is 0 Å². The molecule has 1 aliphatic carbocycles. The van der Waals surface area contributed by atoms with E-state index in [-0.39, 0.29) is 24.7 Å². The summed E-state index contributed by atoms with van der Waals surface area (Å²) in [6.07, 6.45) is 2.78. The first-order chi connectivity index (χ1) is 6.63. The quantitative estimate of drug-likeness (QED) is 0.458. The van der Waals surface area contributed by atoms with E-state index in [4.69, 9.17) is 10.8 Å². The maximum absolute atomic E-state index is 11.3. The maximum atomic E-state index is 11.3. The van der Waals surface area contributed by atoms with Crippen molar-refractivity contribution >= 4 is 5.91 Å². The van der Waals surface area contributed by atoms with Crippen molar-refractivity contribution in [1.29, 1.82) is 0 Å². The Labute approximate surface area is 83.3 Å². The van der Waals surface area contributed by atoms with Crippen LogP contribution in [0, 0.1) is 0 Å². The third-order valence-corrected chi connectivity index (χ3v) is 2.58. The minimum Gasteiger partial charge on any atom is -0.394 e. The van der Waals surface area contributed by atoms with Crippen LogP contribution in [-0.4, -0.2) is 40.9 Å². The summed E-state index contributed by atoms with van der Waals surface area (Å²) in [6.45, 7) is -0.332. The first-order valence-electron chi connectivity index (χ1n) is 4.98. The van der Waals surface area contributed by atoms with E-state index in [1.54, 1.807) is 0 Å². The second-order valence-electron chi connectivity index (χ2n) is 3.80. The number of amides is 1. The maximum Gasteiger partial charge on any atom is 0.239 e. The fourth-order valence-corrected chi connectivity index (χ4v) is 1.61. The summed E-state index contributed by atoms with van der Waals surface area (Å²) < 4.78 is 0. The predicted octanol–water partition coefficient (Wildman–Crippen LogP) is -1.27. The Morgan fingerprint density at radius 3 is 2.50 bits per heavy atom. The molecule has 14 heavy (non-hydrogen) atoms. The molecule has 0 spiro atoms. The summed E-state index contributed by atoms with van der Waals surface area (Å²) >= 11 is 0. The van der Waals surface area contributed by atoms with Gasteiger partial charge in [0.15, 0.2) is 0 Å². The van der Waals surface area contributed by atoms with Crippen molar-refractivity contribution in [3.63, 3.8) is 0 Å². The van der Waals surface area contributed by atoms with Crippen molar-refractivity contribution < 1.29 is 15.0 Å². The summed E-state index contributed by atoms with van der Waals surface area (Å²) in [5, 5.41) is 20.6. The Bertz CT molecular complexity index is 190. The van der Waals surface area contributed by atoms with E-state index >= 15 is 0 Å². The highest BCUT2D eigenvalue weighted by atomic mass is 16.3. The molecule has 5 heteroatoms. The highest BCUT2D eigenvalue weighted by molar-refractivity contribution is 5.81. The summed E-state index contributed by atoms with van der Waals surface area (Å²) in [6, 6.07) is -0.731. The van der Waals surface area contributed by atoms with Gasteiger partial charge in [-0.25, -0.2) is 0 Å². The number of nitrogens with one attached hydrogen (secondary N) is 1. The summed E-state index contributed by atoms with van der Waals surface area (Å²) in [7, 11) is 0. The number of hydrogen-bond acceptors (Lipinski definition) is 4. The molecule has 0 unspecified atom stereocenters. The average molecular weight is 202 g/mol. The van der Waals surface area contributed by atoms with E-state index in [9.17, 15) is 9.90 Å². The van der Waals surface area contributed by atoms with Gasteiger partial charge >= 0.3 is 0 Å². The summed E-state index contributed by atoms with van der Waals surface area (Å²) in [5.41, 5.74) is 5.35. The molecular formula is C9H18N2O3. The molecule has 0 aromatic heterocycles. The first kappa shape index (κ1) is 11.4. The molecule has 0 radical (unpaired) electrons. The number of aliphatic hydroxyl groups is 2. The first-order valence-corrected chi connectivity index (χ1v) is 4.98. The summed E-state index contributed by atoms with van der Waals surface area (Å²) in [5.74, 6) is -0.311. The number of aliphatic hydroxyl groups excluding tert-OH is 2. The monoisotopic (exact) mass is 202 g/mol. The molecule has 0 aliphatic heterocycles. The molecule has 1 aliphatic rings. The molecule has 1 atom stereocenters. The van der Waals surface area contributed by atoms with Crippen LogP contribution in [0.25, 0.3) is 0 Å². The van der Waals surface area contributed by atoms with Crippen LogP contribution < -0.4 is 11.1 Å². The molecule has 5 N–H and O–H groups in total. The number of hydrogen-bond donors (Lipinski definition) is 4. The lowest BCUT2D eigenvalue weighted by molar-refractivity contribution is -0.124. The fraction of sp³-hybridized carbons (Fsp3) is 0.889. The van der Waals surface area contributed by atoms with E-state index in [0.29, 0.717) is 0 Å². The lowest BCUT2D eigenvalue weighted by Gasteiger charge is -2.26. The molecule has 0 saturated heterocycles. The molecule has 82 valence electrons. The van der Waals surface area contributed by atoms with Crippen molar-refractivity contribution in [3.05, 3.63) is 0 Å². The Morgan fingerprint density at radius 1 is 1.43 bits per heavy atom. The van der Waals surface area contributed by atoms with Gasteiger partial charge < -0.3 is 21.3 Å². The molecule has 1 rings (SSSR count). The highest BCUT2D eigenvalue weighted by Crippen LogP contribution is 2.18. The molecule has 1 amide bonds. The number of carbonyl (C=O) groups excluding carboxylic acids is 1. The van der Waals surface area contributed by atoms with Crippen LogP contribution in [0.2, 0.25) is 0 Å². The average Bonchev–Trinajstić information content (AvgIpc) is 2.20. The van der Waals surface area contributed by atoms with Crippen LogP contribution in [-0.2, 0) is 4.79 Å². The van der Waals surface area contributed by atoms with Gasteiger partial charge in [-0.05, 0) is 25.7 Å². The Hall–Kier alpha value is -0.650. The smallest absolute Gasteiger partial charge is 0.239 e. The zero-order valence-electron chi connectivity index (χ0n) is 8.15. The zero-order valence-corrected chi connectivity index (χ0v) is 8.15. The van der Waals surface area contributed by atoms with Gasteiger partial charge in [-0.15, -0.1) is 0 Å². The van der Waals surface area contributed by atoms with Gasteiger partial charge in [-0.3, -0.25) is 4.79 Å². The van der Waals surface area contributed by atoms with Crippen molar-refractivity contribution in [2.45, 2.75) is 43.9 Å². The highest BCUT2D eigenvalue weighted by Gasteiger charge is 2.22. The van der Waals surface area contributed by atoms with Crippen LogP contribution in [0.5, 0.6) is 0 Å². The topological polar surface area (TPSA) is 95.6 Å². The normalized spacial score (nSPS) is 29.6. The van der Waals surface area contributed by atoms with E-state index in [1.165, 1.54) is 0 Å². The van der Waals surface area contributed by atoms with Crippen LogP contribution in [0.1, 0.15) is 25.7 Å². The second kappa shape index (κ2) is 5.29. The number of carbonyl (C=O) groups is 1. The molecule has 1 fully saturated rings. The minimum atomic E-state index is -0.832. The van der Waals surface area contributed by atoms with Crippen LogP contribution in [0.4, 0.5) is 0 Å². The lowest BCUT2D eigenvalue weighted by Crippen LogP contribution is -2.48. The number of rotatable bonds is 3. The Kier molecular flexibility index (Phi) is 4.31. The van der Waals surface area contributed by atoms with Gasteiger partial charge in [0, 0.05) is 6.04 Å². The lowest BCUT2D eigenvalue weighted by atomic mass is 9.93. The van der Waals surface area contributed by atoms with Crippen LogP contribution in [0.3, 0.4) is 0 Å². The third kappa shape index (κ3) is 3.25. The van der Waals surface area contributed by atoms with Crippen molar-refractivity contribution in [1.82, 2.24) is 5.32 Å². The molecule has 0 aromatic carbocycles. The second-order valence-corrected chi connectivity index (χ2v) is 3.80. The van der Waals surface area contributed by atoms with Crippen molar-refractivity contribution in [3.8, 4) is 0 Å². The molecule has 0 heterocycles. The van der Waals surface area contributed by atoms with Gasteiger partial charge in [0.05, 0.1) is 12.7 Å². The Balaban J connectivity index is 2.27. The van der Waals surface area contributed by atoms with Gasteiger partial charge in [-0.2, -0.15) is 0 Å². The zero-order chi connectivity index (χ0) is 10.6. The molecule has 0 aromatic rings. The van der Waals surface area contributed by atoms with Gasteiger partial charge in [0.1, 0.15) is 6.04 Å². The third-order valence-electron chi connectivity index (χ3n) is 2.58. The SMILES string of the molecule is N[C@@H](CO)C(=O)NC1CCC(O)CC1.